The molecule has 0 aromatic carbocycles. The lowest BCUT2D eigenvalue weighted by Gasteiger charge is -2.31. The Kier molecular flexibility index (Phi) is 4.42. The smallest absolute Gasteiger partial charge is 0.0235 e. The topological polar surface area (TPSA) is 21.8 Å². The minimum absolute atomic E-state index is 0.790. The largest absolute Gasteiger partial charge is 0.314 e. The third-order valence-corrected chi connectivity index (χ3v) is 5.22. The summed E-state index contributed by atoms with van der Waals surface area (Å²) in [6, 6.07) is 2.53. The summed E-state index contributed by atoms with van der Waals surface area (Å²) >= 11 is 0. The van der Waals surface area contributed by atoms with Gasteiger partial charge in [0.2, 0.25) is 0 Å². The summed E-state index contributed by atoms with van der Waals surface area (Å²) in [4.78, 5) is 7.97. The zero-order valence-electron chi connectivity index (χ0n) is 12.6. The Bertz CT molecular complexity index is 286. The van der Waals surface area contributed by atoms with E-state index in [1.807, 2.05) is 0 Å². The molecule has 1 N–H and O–H groups in total. The Hall–Kier alpha value is -0.160. The zero-order chi connectivity index (χ0) is 13.2. The fourth-order valence-corrected chi connectivity index (χ4v) is 3.68. The molecule has 0 amide bonds. The number of nitrogens with zero attached hydrogens (tertiary/aromatic N) is 3. The third kappa shape index (κ3) is 3.48. The maximum Gasteiger partial charge on any atom is 0.0235 e. The van der Waals surface area contributed by atoms with E-state index in [2.05, 4.69) is 34.0 Å². The molecule has 1 saturated carbocycles. The van der Waals surface area contributed by atoms with Gasteiger partial charge in [-0.15, -0.1) is 0 Å². The second-order valence-corrected chi connectivity index (χ2v) is 6.74. The maximum atomic E-state index is 3.43. The van der Waals surface area contributed by atoms with Gasteiger partial charge in [-0.05, 0) is 33.2 Å². The van der Waals surface area contributed by atoms with Crippen LogP contribution in [0.3, 0.4) is 0 Å². The number of hydrogen-bond acceptors (Lipinski definition) is 4. The molecule has 19 heavy (non-hydrogen) atoms. The number of likely N-dealkylation sites (N-methyl/N-ethyl adjacent to an activating group) is 1. The van der Waals surface area contributed by atoms with Crippen LogP contribution in [0.4, 0.5) is 0 Å². The molecule has 2 saturated heterocycles. The van der Waals surface area contributed by atoms with Gasteiger partial charge >= 0.3 is 0 Å². The number of hydrogen-bond donors (Lipinski definition) is 1. The molecule has 110 valence electrons. The Balaban J connectivity index is 1.41. The van der Waals surface area contributed by atoms with Crippen molar-refractivity contribution in [1.82, 2.24) is 20.0 Å². The number of likely N-dealkylation sites (tertiary alicyclic amines) is 1. The molecule has 4 nitrogen and oxygen atoms in total. The Morgan fingerprint density at radius 3 is 2.63 bits per heavy atom. The van der Waals surface area contributed by atoms with Crippen molar-refractivity contribution in [3.63, 3.8) is 0 Å². The zero-order valence-corrected chi connectivity index (χ0v) is 12.6. The van der Waals surface area contributed by atoms with Gasteiger partial charge in [-0.3, -0.25) is 9.80 Å². The van der Waals surface area contributed by atoms with Gasteiger partial charge in [0.05, 0.1) is 0 Å². The first kappa shape index (κ1) is 13.8. The molecule has 2 atom stereocenters. The Morgan fingerprint density at radius 1 is 1.21 bits per heavy atom. The van der Waals surface area contributed by atoms with Crippen molar-refractivity contribution in [3.8, 4) is 0 Å². The highest BCUT2D eigenvalue weighted by Crippen LogP contribution is 2.34. The molecule has 1 aliphatic carbocycles. The first-order valence-corrected chi connectivity index (χ1v) is 8.13. The quantitative estimate of drug-likeness (QED) is 0.780. The van der Waals surface area contributed by atoms with Crippen LogP contribution in [0.15, 0.2) is 0 Å². The van der Waals surface area contributed by atoms with Gasteiger partial charge in [0.25, 0.3) is 0 Å². The molecular formula is C15H30N4. The highest BCUT2D eigenvalue weighted by atomic mass is 15.3. The normalized spacial score (nSPS) is 34.3. The van der Waals surface area contributed by atoms with Gasteiger partial charge in [-0.2, -0.15) is 0 Å². The first-order valence-electron chi connectivity index (χ1n) is 8.13. The predicted molar refractivity (Wildman–Crippen MR) is 79.5 cm³/mol. The van der Waals surface area contributed by atoms with E-state index < -0.39 is 0 Å². The molecule has 0 spiro atoms. The molecule has 2 unspecified atom stereocenters. The monoisotopic (exact) mass is 266 g/mol. The summed E-state index contributed by atoms with van der Waals surface area (Å²) in [5, 5.41) is 3.43. The summed E-state index contributed by atoms with van der Waals surface area (Å²) in [6.45, 7) is 11.0. The summed E-state index contributed by atoms with van der Waals surface area (Å²) in [5.41, 5.74) is 0. The van der Waals surface area contributed by atoms with E-state index >= 15 is 0 Å². The van der Waals surface area contributed by atoms with Crippen LogP contribution < -0.4 is 5.32 Å². The van der Waals surface area contributed by atoms with Crippen molar-refractivity contribution in [2.24, 2.45) is 0 Å². The van der Waals surface area contributed by atoms with Gasteiger partial charge in [0, 0.05) is 63.9 Å². The molecule has 0 bridgehead atoms. The summed E-state index contributed by atoms with van der Waals surface area (Å²) in [7, 11) is 2.33. The number of nitrogens with one attached hydrogen (secondary N) is 1. The van der Waals surface area contributed by atoms with E-state index in [1.165, 1.54) is 65.1 Å². The van der Waals surface area contributed by atoms with Crippen molar-refractivity contribution in [2.75, 3.05) is 52.9 Å². The second kappa shape index (κ2) is 6.08. The highest BCUT2D eigenvalue weighted by Gasteiger charge is 2.39. The van der Waals surface area contributed by atoms with E-state index in [9.17, 15) is 0 Å². The molecule has 3 fully saturated rings. The third-order valence-electron chi connectivity index (χ3n) is 5.22. The van der Waals surface area contributed by atoms with Gasteiger partial charge < -0.3 is 10.2 Å². The van der Waals surface area contributed by atoms with Gasteiger partial charge in [0.1, 0.15) is 0 Å². The van der Waals surface area contributed by atoms with Gasteiger partial charge in [-0.1, -0.05) is 0 Å². The summed E-state index contributed by atoms with van der Waals surface area (Å²) in [5.74, 6) is 0. The lowest BCUT2D eigenvalue weighted by molar-refractivity contribution is 0.174. The van der Waals surface area contributed by atoms with E-state index in [0.717, 1.165) is 18.1 Å². The predicted octanol–water partition coefficient (Wildman–Crippen LogP) is 0.449. The molecule has 2 heterocycles. The van der Waals surface area contributed by atoms with E-state index in [1.54, 1.807) is 0 Å². The molecule has 3 rings (SSSR count). The average molecular weight is 266 g/mol. The maximum absolute atomic E-state index is 3.43. The molecule has 0 radical (unpaired) electrons. The lowest BCUT2D eigenvalue weighted by atomic mass is 10.1. The van der Waals surface area contributed by atoms with Crippen LogP contribution in [0.5, 0.6) is 0 Å². The van der Waals surface area contributed by atoms with E-state index in [0.29, 0.717) is 0 Å². The van der Waals surface area contributed by atoms with Crippen LogP contribution in [0.25, 0.3) is 0 Å². The number of rotatable bonds is 5. The summed E-state index contributed by atoms with van der Waals surface area (Å²) in [6.07, 6.45) is 4.26. The molecule has 0 aromatic heterocycles. The first-order chi connectivity index (χ1) is 9.24. The average Bonchev–Trinajstić information content (AvgIpc) is 3.20. The van der Waals surface area contributed by atoms with Crippen LogP contribution in [0, 0.1) is 0 Å². The van der Waals surface area contributed by atoms with Gasteiger partial charge in [0.15, 0.2) is 0 Å². The van der Waals surface area contributed by atoms with Crippen LogP contribution in [0.1, 0.15) is 26.2 Å². The molecule has 0 aromatic rings. The fourth-order valence-electron chi connectivity index (χ4n) is 3.68. The van der Waals surface area contributed by atoms with Crippen molar-refractivity contribution in [3.05, 3.63) is 0 Å². The Labute approximate surface area is 118 Å². The van der Waals surface area contributed by atoms with Crippen molar-refractivity contribution in [2.45, 2.75) is 44.3 Å². The molecule has 2 aliphatic heterocycles. The van der Waals surface area contributed by atoms with Crippen molar-refractivity contribution in [1.29, 1.82) is 0 Å². The lowest BCUT2D eigenvalue weighted by Crippen LogP contribution is -2.47. The SMILES string of the molecule is CC1CC(N(C)CCN2CCNCC2)CN1C1CC1. The number of piperazine rings is 1. The standard InChI is InChI=1S/C15H30N4/c1-13-11-15(12-19(13)14-3-4-14)17(2)9-10-18-7-5-16-6-8-18/h13-16H,3-12H2,1-2H3. The second-order valence-electron chi connectivity index (χ2n) is 6.74. The van der Waals surface area contributed by atoms with Crippen molar-refractivity contribution >= 4 is 0 Å². The van der Waals surface area contributed by atoms with Crippen molar-refractivity contribution < 1.29 is 0 Å². The van der Waals surface area contributed by atoms with Gasteiger partial charge in [-0.25, -0.2) is 0 Å². The minimum atomic E-state index is 0.790. The highest BCUT2D eigenvalue weighted by molar-refractivity contribution is 4.96. The van der Waals surface area contributed by atoms with E-state index in [4.69, 9.17) is 0 Å². The summed E-state index contributed by atoms with van der Waals surface area (Å²) < 4.78 is 0. The Morgan fingerprint density at radius 2 is 1.95 bits per heavy atom. The fraction of sp³-hybridized carbons (Fsp3) is 1.00. The van der Waals surface area contributed by atoms with Crippen LogP contribution in [0.2, 0.25) is 0 Å². The molecular weight excluding hydrogens is 236 g/mol. The molecule has 3 aliphatic rings. The van der Waals surface area contributed by atoms with E-state index in [-0.39, 0.29) is 0 Å². The molecule has 4 heteroatoms. The van der Waals surface area contributed by atoms with Crippen LogP contribution in [-0.2, 0) is 0 Å². The van der Waals surface area contributed by atoms with Crippen LogP contribution in [-0.4, -0.2) is 85.7 Å². The minimum Gasteiger partial charge on any atom is -0.314 e. The van der Waals surface area contributed by atoms with Crippen LogP contribution >= 0.6 is 0 Å².